The SMILES string of the molecule is c1ccc(-c2cc(N(c3ccccc3)c3cccc4ccccc34)c3c(c2)oc2cc(-c4cccc5c4oc4ccccc45)ccc23)cc1. The fraction of sp³-hybridized carbons (Fsp3) is 0. The van der Waals surface area contributed by atoms with E-state index in [2.05, 4.69) is 169 Å². The lowest BCUT2D eigenvalue weighted by Gasteiger charge is -2.28. The van der Waals surface area contributed by atoms with Crippen LogP contribution in [0.5, 0.6) is 0 Å². The van der Waals surface area contributed by atoms with E-state index in [0.717, 1.165) is 83.2 Å². The molecule has 0 atom stereocenters. The first-order valence-corrected chi connectivity index (χ1v) is 16.6. The van der Waals surface area contributed by atoms with E-state index in [-0.39, 0.29) is 0 Å². The van der Waals surface area contributed by atoms with Gasteiger partial charge in [-0.05, 0) is 70.6 Å². The molecule has 0 aliphatic heterocycles. The van der Waals surface area contributed by atoms with Crippen molar-refractivity contribution in [2.24, 2.45) is 0 Å². The minimum absolute atomic E-state index is 0.831. The Morgan fingerprint density at radius 3 is 1.94 bits per heavy atom. The van der Waals surface area contributed by atoms with Crippen molar-refractivity contribution in [3.8, 4) is 22.3 Å². The standard InChI is InChI=1S/C46H29NO2/c1-3-13-30(14-4-1)33-27-41(47(34-17-5-2-6-18-34)40-23-11-16-31-15-7-8-19-35(31)40)45-39-26-25-32(28-43(39)48-44(45)29-33)36-21-12-22-38-37-20-9-10-24-42(37)49-46(36)38/h1-29H. The van der Waals surface area contributed by atoms with Gasteiger partial charge in [0, 0.05) is 32.8 Å². The van der Waals surface area contributed by atoms with Gasteiger partial charge in [-0.25, -0.2) is 0 Å². The summed E-state index contributed by atoms with van der Waals surface area (Å²) in [6.45, 7) is 0. The monoisotopic (exact) mass is 627 g/mol. The molecule has 0 unspecified atom stereocenters. The van der Waals surface area contributed by atoms with Crippen molar-refractivity contribution in [1.29, 1.82) is 0 Å². The highest BCUT2D eigenvalue weighted by molar-refractivity contribution is 6.17. The Labute approximate surface area is 282 Å². The zero-order valence-corrected chi connectivity index (χ0v) is 26.5. The molecular weight excluding hydrogens is 599 g/mol. The normalized spacial score (nSPS) is 11.7. The number of rotatable bonds is 5. The van der Waals surface area contributed by atoms with Crippen LogP contribution in [0.1, 0.15) is 0 Å². The van der Waals surface area contributed by atoms with Gasteiger partial charge in [-0.15, -0.1) is 0 Å². The van der Waals surface area contributed by atoms with Gasteiger partial charge < -0.3 is 13.7 Å². The quantitative estimate of drug-likeness (QED) is 0.190. The topological polar surface area (TPSA) is 29.5 Å². The molecule has 10 aromatic rings. The van der Waals surface area contributed by atoms with Crippen LogP contribution in [0.2, 0.25) is 0 Å². The van der Waals surface area contributed by atoms with Crippen LogP contribution in [0.4, 0.5) is 17.1 Å². The molecule has 10 rings (SSSR count). The third kappa shape index (κ3) is 4.44. The molecule has 0 radical (unpaired) electrons. The number of anilines is 3. The van der Waals surface area contributed by atoms with Crippen LogP contribution in [0.15, 0.2) is 185 Å². The maximum atomic E-state index is 6.84. The minimum Gasteiger partial charge on any atom is -0.456 e. The minimum atomic E-state index is 0.831. The van der Waals surface area contributed by atoms with Crippen LogP contribution in [0.25, 0.3) is 76.9 Å². The fourth-order valence-electron chi connectivity index (χ4n) is 7.39. The van der Waals surface area contributed by atoms with E-state index in [4.69, 9.17) is 8.83 Å². The molecule has 3 heteroatoms. The summed E-state index contributed by atoms with van der Waals surface area (Å²) in [5.41, 5.74) is 11.0. The van der Waals surface area contributed by atoms with Crippen molar-refractivity contribution in [1.82, 2.24) is 0 Å². The fourth-order valence-corrected chi connectivity index (χ4v) is 7.39. The number of hydrogen-bond acceptors (Lipinski definition) is 3. The number of benzene rings is 8. The van der Waals surface area contributed by atoms with Gasteiger partial charge in [0.25, 0.3) is 0 Å². The van der Waals surface area contributed by atoms with E-state index in [1.165, 1.54) is 10.8 Å². The third-order valence-corrected chi connectivity index (χ3v) is 9.64. The second-order valence-corrected chi connectivity index (χ2v) is 12.5. The second kappa shape index (κ2) is 11.0. The van der Waals surface area contributed by atoms with Gasteiger partial charge in [-0.3, -0.25) is 0 Å². The van der Waals surface area contributed by atoms with Gasteiger partial charge in [-0.2, -0.15) is 0 Å². The molecule has 0 saturated carbocycles. The molecular formula is C46H29NO2. The molecule has 2 aromatic heterocycles. The van der Waals surface area contributed by atoms with Crippen LogP contribution in [0, 0.1) is 0 Å². The smallest absolute Gasteiger partial charge is 0.143 e. The highest BCUT2D eigenvalue weighted by atomic mass is 16.3. The largest absolute Gasteiger partial charge is 0.456 e. The van der Waals surface area contributed by atoms with Crippen molar-refractivity contribution in [3.63, 3.8) is 0 Å². The Morgan fingerprint density at radius 1 is 0.367 bits per heavy atom. The highest BCUT2D eigenvalue weighted by Gasteiger charge is 2.23. The summed E-state index contributed by atoms with van der Waals surface area (Å²) in [4.78, 5) is 2.38. The molecule has 3 nitrogen and oxygen atoms in total. The van der Waals surface area contributed by atoms with Crippen LogP contribution in [-0.2, 0) is 0 Å². The second-order valence-electron chi connectivity index (χ2n) is 12.5. The maximum Gasteiger partial charge on any atom is 0.143 e. The van der Waals surface area contributed by atoms with E-state index in [0.29, 0.717) is 0 Å². The molecule has 2 heterocycles. The lowest BCUT2D eigenvalue weighted by molar-refractivity contribution is 0.668. The van der Waals surface area contributed by atoms with E-state index >= 15 is 0 Å². The first-order chi connectivity index (χ1) is 24.3. The van der Waals surface area contributed by atoms with E-state index in [1.54, 1.807) is 0 Å². The van der Waals surface area contributed by atoms with Gasteiger partial charge in [0.2, 0.25) is 0 Å². The molecule has 0 bridgehead atoms. The van der Waals surface area contributed by atoms with E-state index < -0.39 is 0 Å². The Morgan fingerprint density at radius 2 is 1.06 bits per heavy atom. The summed E-state index contributed by atoms with van der Waals surface area (Å²) in [7, 11) is 0. The summed E-state index contributed by atoms with van der Waals surface area (Å²) in [6, 6.07) is 61.9. The van der Waals surface area contributed by atoms with Crippen molar-refractivity contribution in [3.05, 3.63) is 176 Å². The summed E-state index contributed by atoms with van der Waals surface area (Å²) in [5.74, 6) is 0. The number of nitrogens with zero attached hydrogens (tertiary/aromatic N) is 1. The predicted molar refractivity (Wildman–Crippen MR) is 204 cm³/mol. The van der Waals surface area contributed by atoms with Gasteiger partial charge >= 0.3 is 0 Å². The zero-order valence-electron chi connectivity index (χ0n) is 26.5. The average molecular weight is 628 g/mol. The maximum absolute atomic E-state index is 6.84. The number of hydrogen-bond donors (Lipinski definition) is 0. The Kier molecular flexibility index (Phi) is 6.18. The van der Waals surface area contributed by atoms with Crippen molar-refractivity contribution < 1.29 is 8.83 Å². The molecule has 0 saturated heterocycles. The molecule has 0 spiro atoms. The zero-order chi connectivity index (χ0) is 32.3. The summed E-state index contributed by atoms with van der Waals surface area (Å²) >= 11 is 0. The van der Waals surface area contributed by atoms with Gasteiger partial charge in [0.1, 0.15) is 22.3 Å². The lowest BCUT2D eigenvalue weighted by Crippen LogP contribution is -2.11. The Bertz CT molecular complexity index is 2820. The van der Waals surface area contributed by atoms with Crippen molar-refractivity contribution in [2.75, 3.05) is 4.90 Å². The van der Waals surface area contributed by atoms with Gasteiger partial charge in [-0.1, -0.05) is 127 Å². The highest BCUT2D eigenvalue weighted by Crippen LogP contribution is 2.47. The molecule has 0 fully saturated rings. The third-order valence-electron chi connectivity index (χ3n) is 9.64. The van der Waals surface area contributed by atoms with Crippen LogP contribution < -0.4 is 4.90 Å². The van der Waals surface area contributed by atoms with E-state index in [9.17, 15) is 0 Å². The van der Waals surface area contributed by atoms with Crippen molar-refractivity contribution >= 4 is 71.7 Å². The summed E-state index contributed by atoms with van der Waals surface area (Å²) in [5, 5.41) is 6.74. The number of furan rings is 2. The molecule has 0 amide bonds. The average Bonchev–Trinajstić information content (AvgIpc) is 3.74. The summed E-state index contributed by atoms with van der Waals surface area (Å²) < 4.78 is 13.3. The first kappa shape index (κ1) is 27.5. The Balaban J connectivity index is 1.26. The van der Waals surface area contributed by atoms with Crippen molar-refractivity contribution in [2.45, 2.75) is 0 Å². The van der Waals surface area contributed by atoms with Crippen LogP contribution in [-0.4, -0.2) is 0 Å². The van der Waals surface area contributed by atoms with Crippen LogP contribution >= 0.6 is 0 Å². The molecule has 0 N–H and O–H groups in total. The molecule has 49 heavy (non-hydrogen) atoms. The van der Waals surface area contributed by atoms with Crippen LogP contribution in [0.3, 0.4) is 0 Å². The number of para-hydroxylation sites is 3. The first-order valence-electron chi connectivity index (χ1n) is 16.6. The lowest BCUT2D eigenvalue weighted by atomic mass is 9.98. The molecule has 0 aliphatic rings. The predicted octanol–water partition coefficient (Wildman–Crippen LogP) is 13.4. The van der Waals surface area contributed by atoms with E-state index in [1.807, 2.05) is 12.1 Å². The van der Waals surface area contributed by atoms with Gasteiger partial charge in [0.05, 0.1) is 16.8 Å². The summed E-state index contributed by atoms with van der Waals surface area (Å²) in [6.07, 6.45) is 0. The number of fused-ring (bicyclic) bond motifs is 7. The Hall–Kier alpha value is -6.58. The molecule has 230 valence electrons. The van der Waals surface area contributed by atoms with Gasteiger partial charge in [0.15, 0.2) is 0 Å². The molecule has 0 aliphatic carbocycles. The molecule has 8 aromatic carbocycles.